The van der Waals surface area contributed by atoms with Crippen LogP contribution in [0.3, 0.4) is 0 Å². The van der Waals surface area contributed by atoms with Gasteiger partial charge in [0.05, 0.1) is 17.6 Å². The van der Waals surface area contributed by atoms with Crippen molar-refractivity contribution in [1.29, 1.82) is 0 Å². The summed E-state index contributed by atoms with van der Waals surface area (Å²) >= 11 is 0. The van der Waals surface area contributed by atoms with E-state index in [1.807, 2.05) is 54.1 Å². The number of aryl methyl sites for hydroxylation is 1. The molecule has 2 aromatic heterocycles. The number of rotatable bonds is 4. The van der Waals surface area contributed by atoms with E-state index in [0.717, 1.165) is 17.1 Å². The maximum absolute atomic E-state index is 12.9. The van der Waals surface area contributed by atoms with E-state index in [1.54, 1.807) is 24.7 Å². The first-order valence-corrected chi connectivity index (χ1v) is 8.29. The summed E-state index contributed by atoms with van der Waals surface area (Å²) in [7, 11) is 0. The molecule has 4 rings (SSSR count). The molecule has 0 aliphatic heterocycles. The van der Waals surface area contributed by atoms with Crippen molar-refractivity contribution in [3.63, 3.8) is 0 Å². The van der Waals surface area contributed by atoms with E-state index >= 15 is 0 Å². The minimum absolute atomic E-state index is 0.203. The Bertz CT molecular complexity index is 1080. The van der Waals surface area contributed by atoms with Crippen LogP contribution in [0.2, 0.25) is 0 Å². The summed E-state index contributed by atoms with van der Waals surface area (Å²) < 4.78 is 2.04. The van der Waals surface area contributed by atoms with Gasteiger partial charge in [0.2, 0.25) is 0 Å². The number of para-hydroxylation sites is 2. The Morgan fingerprint density at radius 3 is 2.69 bits per heavy atom. The van der Waals surface area contributed by atoms with Gasteiger partial charge in [-0.3, -0.25) is 14.8 Å². The van der Waals surface area contributed by atoms with Crippen LogP contribution in [0, 0.1) is 6.92 Å². The number of carbonyl (C=O) groups is 1. The van der Waals surface area contributed by atoms with Crippen molar-refractivity contribution in [3.8, 4) is 0 Å². The summed E-state index contributed by atoms with van der Waals surface area (Å²) in [5.74, 6) is 0.723. The van der Waals surface area contributed by atoms with Crippen molar-refractivity contribution in [2.24, 2.45) is 0 Å². The van der Waals surface area contributed by atoms with Crippen LogP contribution < -0.4 is 5.32 Å². The van der Waals surface area contributed by atoms with Gasteiger partial charge in [-0.25, -0.2) is 4.98 Å². The molecular formula is C20H17N5O. The van der Waals surface area contributed by atoms with Crippen LogP contribution in [0.15, 0.2) is 67.3 Å². The monoisotopic (exact) mass is 343 g/mol. The van der Waals surface area contributed by atoms with E-state index in [0.29, 0.717) is 23.1 Å². The summed E-state index contributed by atoms with van der Waals surface area (Å²) in [6.07, 6.45) is 6.90. The van der Waals surface area contributed by atoms with Gasteiger partial charge in [-0.05, 0) is 30.7 Å². The molecule has 0 aliphatic rings. The lowest BCUT2D eigenvalue weighted by Gasteiger charge is -2.13. The van der Waals surface area contributed by atoms with Gasteiger partial charge in [0, 0.05) is 30.5 Å². The van der Waals surface area contributed by atoms with Gasteiger partial charge < -0.3 is 9.88 Å². The Balaban J connectivity index is 1.65. The Labute approximate surface area is 150 Å². The van der Waals surface area contributed by atoms with E-state index in [2.05, 4.69) is 20.3 Å². The van der Waals surface area contributed by atoms with E-state index in [-0.39, 0.29) is 5.91 Å². The van der Waals surface area contributed by atoms with Gasteiger partial charge in [0.25, 0.3) is 5.91 Å². The Morgan fingerprint density at radius 2 is 1.85 bits per heavy atom. The molecule has 6 nitrogen and oxygen atoms in total. The standard InChI is InChI=1S/C20H17N5O/c1-14-21-11-12-25(14)13-15-5-2-3-7-17(15)24-20(26)16-6-4-8-18-19(16)23-10-9-22-18/h2-12H,13H2,1H3,(H,24,26). The van der Waals surface area contributed by atoms with Crippen molar-refractivity contribution < 1.29 is 4.79 Å². The molecule has 0 unspecified atom stereocenters. The van der Waals surface area contributed by atoms with Crippen molar-refractivity contribution >= 4 is 22.6 Å². The van der Waals surface area contributed by atoms with Crippen molar-refractivity contribution in [2.45, 2.75) is 13.5 Å². The summed E-state index contributed by atoms with van der Waals surface area (Å²) in [5.41, 5.74) is 3.57. The van der Waals surface area contributed by atoms with Crippen LogP contribution in [-0.4, -0.2) is 25.4 Å². The number of benzene rings is 2. The number of aromatic nitrogens is 4. The molecule has 4 aromatic rings. The summed E-state index contributed by atoms with van der Waals surface area (Å²) in [6.45, 7) is 2.59. The second-order valence-corrected chi connectivity index (χ2v) is 5.94. The number of nitrogens with one attached hydrogen (secondary N) is 1. The molecule has 1 amide bonds. The fourth-order valence-electron chi connectivity index (χ4n) is 2.90. The van der Waals surface area contributed by atoms with Crippen LogP contribution in [0.25, 0.3) is 11.0 Å². The Kier molecular flexibility index (Phi) is 4.15. The van der Waals surface area contributed by atoms with E-state index in [9.17, 15) is 4.79 Å². The van der Waals surface area contributed by atoms with Crippen LogP contribution in [0.1, 0.15) is 21.7 Å². The lowest BCUT2D eigenvalue weighted by Crippen LogP contribution is -2.15. The minimum atomic E-state index is -0.203. The third-order valence-corrected chi connectivity index (χ3v) is 4.27. The topological polar surface area (TPSA) is 72.7 Å². The smallest absolute Gasteiger partial charge is 0.257 e. The van der Waals surface area contributed by atoms with Crippen molar-refractivity contribution in [1.82, 2.24) is 19.5 Å². The number of carbonyl (C=O) groups excluding carboxylic acids is 1. The number of hydrogen-bond acceptors (Lipinski definition) is 4. The molecule has 128 valence electrons. The van der Waals surface area contributed by atoms with Crippen LogP contribution >= 0.6 is 0 Å². The van der Waals surface area contributed by atoms with Crippen molar-refractivity contribution in [2.75, 3.05) is 5.32 Å². The number of amides is 1. The fourth-order valence-corrected chi connectivity index (χ4v) is 2.90. The average Bonchev–Trinajstić information content (AvgIpc) is 3.07. The highest BCUT2D eigenvalue weighted by Crippen LogP contribution is 2.20. The van der Waals surface area contributed by atoms with E-state index < -0.39 is 0 Å². The largest absolute Gasteiger partial charge is 0.331 e. The highest BCUT2D eigenvalue weighted by molar-refractivity contribution is 6.11. The van der Waals surface area contributed by atoms with Crippen LogP contribution in [0.4, 0.5) is 5.69 Å². The quantitative estimate of drug-likeness (QED) is 0.616. The highest BCUT2D eigenvalue weighted by Gasteiger charge is 2.13. The minimum Gasteiger partial charge on any atom is -0.331 e. The summed E-state index contributed by atoms with van der Waals surface area (Å²) in [5, 5.41) is 3.01. The summed E-state index contributed by atoms with van der Waals surface area (Å²) in [6, 6.07) is 13.2. The van der Waals surface area contributed by atoms with Crippen molar-refractivity contribution in [3.05, 3.63) is 84.2 Å². The first-order valence-electron chi connectivity index (χ1n) is 8.29. The maximum Gasteiger partial charge on any atom is 0.257 e. The zero-order valence-corrected chi connectivity index (χ0v) is 14.3. The number of nitrogens with zero attached hydrogens (tertiary/aromatic N) is 4. The molecule has 2 heterocycles. The third kappa shape index (κ3) is 3.04. The van der Waals surface area contributed by atoms with E-state index in [4.69, 9.17) is 0 Å². The predicted molar refractivity (Wildman–Crippen MR) is 100.0 cm³/mol. The first-order chi connectivity index (χ1) is 12.7. The zero-order chi connectivity index (χ0) is 17.9. The molecule has 1 N–H and O–H groups in total. The third-order valence-electron chi connectivity index (χ3n) is 4.27. The normalized spacial score (nSPS) is 10.8. The second-order valence-electron chi connectivity index (χ2n) is 5.94. The molecule has 2 aromatic carbocycles. The second kappa shape index (κ2) is 6.76. The number of anilines is 1. The Morgan fingerprint density at radius 1 is 1.00 bits per heavy atom. The molecule has 0 atom stereocenters. The summed E-state index contributed by atoms with van der Waals surface area (Å²) in [4.78, 5) is 25.7. The van der Waals surface area contributed by atoms with Crippen LogP contribution in [0.5, 0.6) is 0 Å². The molecule has 0 bridgehead atoms. The maximum atomic E-state index is 12.9. The average molecular weight is 343 g/mol. The first kappa shape index (κ1) is 16.0. The number of fused-ring (bicyclic) bond motifs is 1. The van der Waals surface area contributed by atoms with Gasteiger partial charge in [-0.2, -0.15) is 0 Å². The molecule has 0 aliphatic carbocycles. The van der Waals surface area contributed by atoms with Crippen LogP contribution in [-0.2, 0) is 6.54 Å². The highest BCUT2D eigenvalue weighted by atomic mass is 16.1. The van der Waals surface area contributed by atoms with Gasteiger partial charge >= 0.3 is 0 Å². The van der Waals surface area contributed by atoms with Gasteiger partial charge in [-0.1, -0.05) is 24.3 Å². The molecule has 6 heteroatoms. The molecule has 0 saturated heterocycles. The van der Waals surface area contributed by atoms with Gasteiger partial charge in [0.15, 0.2) is 0 Å². The molecular weight excluding hydrogens is 326 g/mol. The van der Waals surface area contributed by atoms with Gasteiger partial charge in [-0.15, -0.1) is 0 Å². The lowest BCUT2D eigenvalue weighted by atomic mass is 10.1. The predicted octanol–water partition coefficient (Wildman–Crippen LogP) is 3.44. The van der Waals surface area contributed by atoms with Gasteiger partial charge in [0.1, 0.15) is 11.3 Å². The Hall–Kier alpha value is -3.54. The number of imidazole rings is 1. The molecule has 26 heavy (non-hydrogen) atoms. The molecule has 0 radical (unpaired) electrons. The fraction of sp³-hybridized carbons (Fsp3) is 0.100. The molecule has 0 fully saturated rings. The van der Waals surface area contributed by atoms with E-state index in [1.165, 1.54) is 0 Å². The SMILES string of the molecule is Cc1nccn1Cc1ccccc1NC(=O)c1cccc2nccnc12. The zero-order valence-electron chi connectivity index (χ0n) is 14.3. The molecule has 0 spiro atoms. The number of hydrogen-bond donors (Lipinski definition) is 1. The lowest BCUT2D eigenvalue weighted by molar-refractivity contribution is 0.102. The molecule has 0 saturated carbocycles.